The first-order valence-electron chi connectivity index (χ1n) is 23.9. The van der Waals surface area contributed by atoms with Crippen LogP contribution in [0.5, 0.6) is 34.5 Å². The van der Waals surface area contributed by atoms with Gasteiger partial charge >= 0.3 is 0 Å². The number of carbonyl (C=O) groups excluding carboxylic acids is 1. The molecule has 4 aromatic carbocycles. The fourth-order valence-corrected chi connectivity index (χ4v) is 11.4. The van der Waals surface area contributed by atoms with Gasteiger partial charge in [-0.2, -0.15) is 0 Å². The minimum atomic E-state index is -1.08. The number of aliphatic hydroxyl groups is 1. The number of phenols is 4. The van der Waals surface area contributed by atoms with E-state index in [4.69, 9.17) is 14.5 Å². The summed E-state index contributed by atoms with van der Waals surface area (Å²) in [6, 6.07) is 26.0. The Bertz CT molecular complexity index is 2650. The van der Waals surface area contributed by atoms with E-state index in [0.29, 0.717) is 61.9 Å². The molecule has 2 aliphatic rings. The Morgan fingerprint density at radius 2 is 1.79 bits per heavy atom. The number of aromatic nitrogens is 2. The van der Waals surface area contributed by atoms with Crippen LogP contribution in [0.4, 0.5) is 11.5 Å². The first kappa shape index (κ1) is 47.3. The van der Waals surface area contributed by atoms with Gasteiger partial charge in [0, 0.05) is 42.2 Å². The number of fused-ring (bicyclic) bond motifs is 6. The van der Waals surface area contributed by atoms with Crippen LogP contribution < -0.4 is 20.1 Å². The van der Waals surface area contributed by atoms with Gasteiger partial charge in [0.05, 0.1) is 25.7 Å². The van der Waals surface area contributed by atoms with Gasteiger partial charge in [0.2, 0.25) is 5.75 Å². The molecule has 8 N–H and O–H groups in total. The Morgan fingerprint density at radius 3 is 2.57 bits per heavy atom. The predicted molar refractivity (Wildman–Crippen MR) is 262 cm³/mol. The van der Waals surface area contributed by atoms with Crippen LogP contribution in [0, 0.1) is 17.8 Å². The van der Waals surface area contributed by atoms with E-state index in [0.717, 1.165) is 64.5 Å². The molecule has 1 saturated carbocycles. The molecule has 0 radical (unpaired) electrons. The minimum absolute atomic E-state index is 0.0230. The smallest absolute Gasteiger partial charge is 0.200 e. The summed E-state index contributed by atoms with van der Waals surface area (Å²) in [4.78, 5) is 24.4. The lowest BCUT2D eigenvalue weighted by Crippen LogP contribution is -2.50. The average molecular weight is 911 g/mol. The number of aliphatic hydroxyl groups excluding tert-OH is 1. The van der Waals surface area contributed by atoms with Crippen LogP contribution in [0.1, 0.15) is 105 Å². The molecular formula is C55H66N4O8. The molecule has 1 spiro atoms. The van der Waals surface area contributed by atoms with E-state index >= 15 is 4.79 Å². The number of Topliss-reactive ketones (excluding diaryl/α,β-unsaturated/α-hetero) is 1. The molecule has 6 atom stereocenters. The number of H-pyrrole nitrogens is 1. The van der Waals surface area contributed by atoms with Crippen molar-refractivity contribution in [1.82, 2.24) is 15.3 Å². The second-order valence-corrected chi connectivity index (χ2v) is 19.2. The zero-order chi connectivity index (χ0) is 47.2. The Labute approximate surface area is 393 Å². The van der Waals surface area contributed by atoms with Crippen molar-refractivity contribution in [1.29, 1.82) is 0 Å². The van der Waals surface area contributed by atoms with Crippen molar-refractivity contribution in [3.63, 3.8) is 0 Å². The number of ketones is 1. The van der Waals surface area contributed by atoms with Gasteiger partial charge in [-0.1, -0.05) is 38.5 Å². The molecule has 6 aromatic rings. The molecule has 2 bridgehead atoms. The lowest BCUT2D eigenvalue weighted by molar-refractivity contribution is -0.132. The molecule has 3 heterocycles. The maximum Gasteiger partial charge on any atom is 0.200 e. The number of carbonyl (C=O) groups is 1. The Hall–Kier alpha value is -6.24. The summed E-state index contributed by atoms with van der Waals surface area (Å²) in [6.45, 7) is 5.15. The maximum atomic E-state index is 16.1. The highest BCUT2D eigenvalue weighted by Gasteiger charge is 2.55. The fraction of sp³-hybridized carbons (Fsp3) is 0.418. The summed E-state index contributed by atoms with van der Waals surface area (Å²) >= 11 is 0. The molecule has 0 saturated heterocycles. The lowest BCUT2D eigenvalue weighted by Gasteiger charge is -2.45. The number of ether oxygens (including phenoxy) is 2. The molecule has 8 rings (SSSR count). The Morgan fingerprint density at radius 1 is 0.940 bits per heavy atom. The number of hydrogen-bond donors (Lipinski definition) is 8. The summed E-state index contributed by atoms with van der Waals surface area (Å²) in [5, 5.41) is 65.5. The number of aromatic hydroxyl groups is 4. The highest BCUT2D eigenvalue weighted by Crippen LogP contribution is 2.55. The highest BCUT2D eigenvalue weighted by atomic mass is 16.5. The van der Waals surface area contributed by atoms with Gasteiger partial charge in [-0.05, 0) is 182 Å². The van der Waals surface area contributed by atoms with Gasteiger partial charge in [-0.3, -0.25) is 4.79 Å². The van der Waals surface area contributed by atoms with Crippen LogP contribution >= 0.6 is 0 Å². The molecule has 1 aliphatic carbocycles. The van der Waals surface area contributed by atoms with Crippen LogP contribution in [0.3, 0.4) is 0 Å². The van der Waals surface area contributed by atoms with Crippen molar-refractivity contribution in [3.05, 3.63) is 125 Å². The second kappa shape index (κ2) is 20.7. The first-order chi connectivity index (χ1) is 32.4. The third kappa shape index (κ3) is 10.2. The Kier molecular flexibility index (Phi) is 14.6. The number of anilines is 2. The van der Waals surface area contributed by atoms with Crippen molar-refractivity contribution in [3.8, 4) is 34.5 Å². The molecule has 0 amide bonds. The van der Waals surface area contributed by atoms with Gasteiger partial charge in [0.1, 0.15) is 17.4 Å². The van der Waals surface area contributed by atoms with Gasteiger partial charge in [0.15, 0.2) is 23.0 Å². The van der Waals surface area contributed by atoms with Crippen LogP contribution in [-0.4, -0.2) is 74.7 Å². The van der Waals surface area contributed by atoms with E-state index < -0.39 is 23.4 Å². The van der Waals surface area contributed by atoms with E-state index in [-0.39, 0.29) is 59.2 Å². The zero-order valence-corrected chi connectivity index (χ0v) is 39.1. The number of aromatic amines is 1. The zero-order valence-electron chi connectivity index (χ0n) is 39.1. The summed E-state index contributed by atoms with van der Waals surface area (Å²) in [5.74, 6) is -0.671. The number of likely N-dealkylation sites (N-methyl/N-ethyl adjacent to an activating group) is 1. The predicted octanol–water partition coefficient (Wildman–Crippen LogP) is 10.3. The second-order valence-electron chi connectivity index (χ2n) is 19.2. The molecule has 67 heavy (non-hydrogen) atoms. The topological polar surface area (TPSA) is 189 Å². The quantitative estimate of drug-likeness (QED) is 0.0362. The number of hydrogen-bond acceptors (Lipinski definition) is 11. The molecule has 354 valence electrons. The number of rotatable bonds is 15. The number of benzene rings is 4. The number of aryl methyl sites for hydroxylation is 1. The van der Waals surface area contributed by atoms with Gasteiger partial charge in [0.25, 0.3) is 0 Å². The molecule has 2 aromatic heterocycles. The van der Waals surface area contributed by atoms with Crippen molar-refractivity contribution in [2.75, 3.05) is 32.6 Å². The van der Waals surface area contributed by atoms with E-state index in [1.165, 1.54) is 7.11 Å². The first-order valence-corrected chi connectivity index (χ1v) is 23.9. The van der Waals surface area contributed by atoms with E-state index in [1.807, 2.05) is 49.6 Å². The molecular weight excluding hydrogens is 845 g/mol. The van der Waals surface area contributed by atoms with Crippen molar-refractivity contribution in [2.45, 2.75) is 101 Å². The van der Waals surface area contributed by atoms with Crippen molar-refractivity contribution in [2.24, 2.45) is 17.8 Å². The number of phenolic OH excluding ortho intramolecular Hbond substituents is 4. The van der Waals surface area contributed by atoms with Gasteiger partial charge < -0.3 is 50.6 Å². The summed E-state index contributed by atoms with van der Waals surface area (Å²) < 4.78 is 11.6. The third-order valence-electron chi connectivity index (χ3n) is 14.5. The molecule has 1 fully saturated rings. The van der Waals surface area contributed by atoms with Crippen molar-refractivity contribution < 1.29 is 39.8 Å². The summed E-state index contributed by atoms with van der Waals surface area (Å²) in [7, 11) is 3.40. The van der Waals surface area contributed by atoms with Crippen LogP contribution in [0.25, 0.3) is 10.8 Å². The van der Waals surface area contributed by atoms with E-state index in [9.17, 15) is 25.5 Å². The fourth-order valence-electron chi connectivity index (χ4n) is 11.4. The van der Waals surface area contributed by atoms with Gasteiger partial charge in [-0.25, -0.2) is 4.98 Å². The average Bonchev–Trinajstić information content (AvgIpc) is 3.99. The summed E-state index contributed by atoms with van der Waals surface area (Å²) in [5.41, 5.74) is 4.47. The third-order valence-corrected chi connectivity index (χ3v) is 14.5. The van der Waals surface area contributed by atoms with Crippen LogP contribution in [0.2, 0.25) is 0 Å². The monoisotopic (exact) mass is 910 g/mol. The number of nitrogens with zero attached hydrogens (tertiary/aromatic N) is 1. The number of pyridine rings is 1. The van der Waals surface area contributed by atoms with Crippen LogP contribution in [-0.2, 0) is 23.1 Å². The van der Waals surface area contributed by atoms with Gasteiger partial charge in [-0.15, -0.1) is 0 Å². The minimum Gasteiger partial charge on any atom is -0.508 e. The van der Waals surface area contributed by atoms with E-state index in [2.05, 4.69) is 41.6 Å². The summed E-state index contributed by atoms with van der Waals surface area (Å²) in [6.07, 6.45) is 8.50. The molecule has 0 unspecified atom stereocenters. The molecule has 12 nitrogen and oxygen atoms in total. The number of methoxy groups -OCH3 is 1. The SMILES string of the molecule is CNC[C@@H]1C[C@H](c2cc(O)c(O)c(OCCCC(C)C)c2)CC(=O)[C@H]([C@H](O)CCc2ccc(O)c(OC)c2)[C@]2(CCC[C@H]2Cc2ccc[nH]2)c2ccnc(c2)Nc2ccc3cc(O)ccc3c21. The molecule has 12 heteroatoms. The Balaban J connectivity index is 1.32. The highest BCUT2D eigenvalue weighted by molar-refractivity contribution is 5.93. The van der Waals surface area contributed by atoms with E-state index in [1.54, 1.807) is 42.6 Å². The van der Waals surface area contributed by atoms with Crippen molar-refractivity contribution >= 4 is 28.1 Å². The largest absolute Gasteiger partial charge is 0.508 e. The normalized spacial score (nSPS) is 21.3. The number of nitrogens with one attached hydrogen (secondary N) is 3. The maximum absolute atomic E-state index is 16.1. The lowest BCUT2D eigenvalue weighted by atomic mass is 9.58. The molecule has 1 aliphatic heterocycles. The standard InChI is InChI=1S/C55H66N4O8/c1-33(2)8-7-23-67-50-29-37(28-48(64)54(50)65)36-25-38(32-56-3)52-43-15-14-42(60)26-35(43)13-16-44(52)59-51-31-40(19-22-58-51)55(20-5-9-39(55)30-41-10-6-21-57-41)53(47(63)27-36)46(62)18-12-34-11-17-45(61)49(24-34)66-4/h6,10-11,13-17,19,21-22,24,26,28-29,31,33,36,38-39,46,53,56-57,60-62,64-65H,5,7-9,12,18,20,23,25,27,30,32H2,1-4H3,(H,58,59)/t36-,38-,39-,46+,53-,55-/m0/s1. The van der Waals surface area contributed by atoms with Crippen LogP contribution in [0.15, 0.2) is 97.3 Å².